The molecule has 0 saturated heterocycles. The average molecular weight is 231 g/mol. The minimum atomic E-state index is 0.681. The summed E-state index contributed by atoms with van der Waals surface area (Å²) >= 11 is 0. The lowest BCUT2D eigenvalue weighted by atomic mass is 9.72. The van der Waals surface area contributed by atoms with Gasteiger partial charge in [-0.25, -0.2) is 0 Å². The van der Waals surface area contributed by atoms with E-state index in [9.17, 15) is 0 Å². The average Bonchev–Trinajstić information content (AvgIpc) is 2.39. The van der Waals surface area contributed by atoms with Crippen LogP contribution in [0.3, 0.4) is 0 Å². The van der Waals surface area contributed by atoms with Crippen molar-refractivity contribution in [1.29, 1.82) is 0 Å². The van der Waals surface area contributed by atoms with Gasteiger partial charge in [0.25, 0.3) is 0 Å². The van der Waals surface area contributed by atoms with Gasteiger partial charge in [0.1, 0.15) is 0 Å². The standard InChI is InChI=1S/C16H25N/c1-13(17(2)3)15-11-7-8-12-16(15)14-9-5-4-6-10-14/h4-6,9-10,13,15-16H,7-8,11-12H2,1-3H3. The van der Waals surface area contributed by atoms with E-state index in [0.717, 1.165) is 11.8 Å². The molecule has 1 aromatic rings. The van der Waals surface area contributed by atoms with Gasteiger partial charge in [-0.15, -0.1) is 0 Å². The van der Waals surface area contributed by atoms with Crippen LogP contribution < -0.4 is 0 Å². The second kappa shape index (κ2) is 5.68. The minimum Gasteiger partial charge on any atom is -0.306 e. The van der Waals surface area contributed by atoms with Gasteiger partial charge in [-0.3, -0.25) is 0 Å². The van der Waals surface area contributed by atoms with E-state index >= 15 is 0 Å². The Morgan fingerprint density at radius 3 is 2.35 bits per heavy atom. The third-order valence-electron chi connectivity index (χ3n) is 4.48. The van der Waals surface area contributed by atoms with Crippen LogP contribution in [-0.2, 0) is 0 Å². The first-order valence-corrected chi connectivity index (χ1v) is 6.91. The minimum absolute atomic E-state index is 0.681. The molecule has 1 nitrogen and oxygen atoms in total. The molecular weight excluding hydrogens is 206 g/mol. The maximum Gasteiger partial charge on any atom is 0.00949 e. The Hall–Kier alpha value is -0.820. The quantitative estimate of drug-likeness (QED) is 0.762. The molecule has 1 saturated carbocycles. The van der Waals surface area contributed by atoms with Crippen LogP contribution in [0.1, 0.15) is 44.1 Å². The highest BCUT2D eigenvalue weighted by molar-refractivity contribution is 5.21. The molecule has 1 fully saturated rings. The van der Waals surface area contributed by atoms with E-state index in [1.54, 1.807) is 5.56 Å². The Morgan fingerprint density at radius 1 is 1.06 bits per heavy atom. The molecule has 0 heterocycles. The molecule has 0 aromatic heterocycles. The molecule has 0 spiro atoms. The number of hydrogen-bond acceptors (Lipinski definition) is 1. The summed E-state index contributed by atoms with van der Waals surface area (Å²) in [6, 6.07) is 11.8. The first-order chi connectivity index (χ1) is 8.20. The van der Waals surface area contributed by atoms with E-state index in [0.29, 0.717) is 6.04 Å². The highest BCUT2D eigenvalue weighted by Crippen LogP contribution is 2.40. The summed E-state index contributed by atoms with van der Waals surface area (Å²) in [5.74, 6) is 1.59. The van der Waals surface area contributed by atoms with Gasteiger partial charge < -0.3 is 4.90 Å². The lowest BCUT2D eigenvalue weighted by Crippen LogP contribution is -2.37. The largest absolute Gasteiger partial charge is 0.306 e. The normalized spacial score (nSPS) is 27.1. The van der Waals surface area contributed by atoms with Gasteiger partial charge in [-0.2, -0.15) is 0 Å². The molecule has 0 aliphatic heterocycles. The van der Waals surface area contributed by atoms with Crippen LogP contribution in [0.25, 0.3) is 0 Å². The molecule has 1 aliphatic rings. The van der Waals surface area contributed by atoms with Gasteiger partial charge in [-0.1, -0.05) is 43.2 Å². The summed E-state index contributed by atoms with van der Waals surface area (Å²) in [6.45, 7) is 2.38. The third kappa shape index (κ3) is 2.90. The fraction of sp³-hybridized carbons (Fsp3) is 0.625. The summed E-state index contributed by atoms with van der Waals surface area (Å²) in [7, 11) is 4.42. The molecular formula is C16H25N. The zero-order valence-electron chi connectivity index (χ0n) is 11.4. The molecule has 0 radical (unpaired) electrons. The molecule has 0 bridgehead atoms. The maximum atomic E-state index is 2.38. The van der Waals surface area contributed by atoms with Crippen LogP contribution in [0.15, 0.2) is 30.3 Å². The summed E-state index contributed by atoms with van der Waals surface area (Å²) < 4.78 is 0. The van der Waals surface area contributed by atoms with E-state index < -0.39 is 0 Å². The Balaban J connectivity index is 2.18. The molecule has 1 aromatic carbocycles. The summed E-state index contributed by atoms with van der Waals surface area (Å²) in [5, 5.41) is 0. The second-order valence-electron chi connectivity index (χ2n) is 5.67. The number of rotatable bonds is 3. The zero-order chi connectivity index (χ0) is 12.3. The smallest absolute Gasteiger partial charge is 0.00949 e. The Bertz CT molecular complexity index is 331. The van der Waals surface area contributed by atoms with Gasteiger partial charge in [0, 0.05) is 6.04 Å². The van der Waals surface area contributed by atoms with Crippen molar-refractivity contribution in [2.24, 2.45) is 5.92 Å². The maximum absolute atomic E-state index is 2.38. The molecule has 0 amide bonds. The van der Waals surface area contributed by atoms with Crippen molar-refractivity contribution in [2.45, 2.75) is 44.6 Å². The van der Waals surface area contributed by atoms with Crippen molar-refractivity contribution in [2.75, 3.05) is 14.1 Å². The van der Waals surface area contributed by atoms with E-state index in [1.807, 2.05) is 0 Å². The van der Waals surface area contributed by atoms with Crippen molar-refractivity contribution >= 4 is 0 Å². The van der Waals surface area contributed by atoms with Crippen LogP contribution in [0.5, 0.6) is 0 Å². The summed E-state index contributed by atoms with van der Waals surface area (Å²) in [4.78, 5) is 2.38. The van der Waals surface area contributed by atoms with Crippen LogP contribution >= 0.6 is 0 Å². The van der Waals surface area contributed by atoms with Gasteiger partial charge >= 0.3 is 0 Å². The summed E-state index contributed by atoms with van der Waals surface area (Å²) in [6.07, 6.45) is 5.56. The molecule has 94 valence electrons. The van der Waals surface area contributed by atoms with E-state index in [1.165, 1.54) is 25.7 Å². The van der Waals surface area contributed by atoms with Crippen LogP contribution in [0, 0.1) is 5.92 Å². The third-order valence-corrected chi connectivity index (χ3v) is 4.48. The monoisotopic (exact) mass is 231 g/mol. The molecule has 0 N–H and O–H groups in total. The van der Waals surface area contributed by atoms with E-state index in [2.05, 4.69) is 56.3 Å². The predicted octanol–water partition coefficient (Wildman–Crippen LogP) is 3.91. The van der Waals surface area contributed by atoms with Crippen LogP contribution in [0.4, 0.5) is 0 Å². The predicted molar refractivity (Wildman–Crippen MR) is 74.3 cm³/mol. The summed E-state index contributed by atoms with van der Waals surface area (Å²) in [5.41, 5.74) is 1.55. The van der Waals surface area contributed by atoms with Gasteiger partial charge in [-0.05, 0) is 51.3 Å². The van der Waals surface area contributed by atoms with Crippen molar-refractivity contribution in [3.05, 3.63) is 35.9 Å². The highest BCUT2D eigenvalue weighted by Gasteiger charge is 2.31. The first-order valence-electron chi connectivity index (χ1n) is 6.91. The van der Waals surface area contributed by atoms with Gasteiger partial charge in [0.05, 0.1) is 0 Å². The molecule has 3 atom stereocenters. The van der Waals surface area contributed by atoms with Crippen LogP contribution in [0.2, 0.25) is 0 Å². The fourth-order valence-electron chi connectivity index (χ4n) is 3.23. The number of hydrogen-bond donors (Lipinski definition) is 0. The lowest BCUT2D eigenvalue weighted by Gasteiger charge is -2.38. The van der Waals surface area contributed by atoms with Crippen molar-refractivity contribution in [3.63, 3.8) is 0 Å². The van der Waals surface area contributed by atoms with Crippen molar-refractivity contribution < 1.29 is 0 Å². The molecule has 17 heavy (non-hydrogen) atoms. The van der Waals surface area contributed by atoms with Crippen molar-refractivity contribution in [3.8, 4) is 0 Å². The van der Waals surface area contributed by atoms with E-state index in [4.69, 9.17) is 0 Å². The molecule has 2 rings (SSSR count). The number of nitrogens with zero attached hydrogens (tertiary/aromatic N) is 1. The molecule has 1 aliphatic carbocycles. The topological polar surface area (TPSA) is 3.24 Å². The Morgan fingerprint density at radius 2 is 1.71 bits per heavy atom. The van der Waals surface area contributed by atoms with Gasteiger partial charge in [0.2, 0.25) is 0 Å². The molecule has 3 unspecified atom stereocenters. The van der Waals surface area contributed by atoms with Crippen molar-refractivity contribution in [1.82, 2.24) is 4.90 Å². The Labute approximate surface area is 106 Å². The lowest BCUT2D eigenvalue weighted by molar-refractivity contribution is 0.162. The SMILES string of the molecule is CC(C1CCCCC1c1ccccc1)N(C)C. The molecule has 1 heteroatoms. The number of benzene rings is 1. The highest BCUT2D eigenvalue weighted by atomic mass is 15.1. The zero-order valence-corrected chi connectivity index (χ0v) is 11.4. The Kier molecular flexibility index (Phi) is 4.22. The van der Waals surface area contributed by atoms with Crippen LogP contribution in [-0.4, -0.2) is 25.0 Å². The second-order valence-corrected chi connectivity index (χ2v) is 5.67. The fourth-order valence-corrected chi connectivity index (χ4v) is 3.23. The van der Waals surface area contributed by atoms with Gasteiger partial charge in [0.15, 0.2) is 0 Å². The van der Waals surface area contributed by atoms with E-state index in [-0.39, 0.29) is 0 Å². The first kappa shape index (κ1) is 12.6.